The van der Waals surface area contributed by atoms with E-state index in [1.165, 1.54) is 6.07 Å². The first-order valence-corrected chi connectivity index (χ1v) is 8.39. The maximum atomic E-state index is 12.1. The van der Waals surface area contributed by atoms with Crippen LogP contribution in [0.25, 0.3) is 10.8 Å². The molecule has 0 atom stereocenters. The van der Waals surface area contributed by atoms with Crippen LogP contribution >= 0.6 is 0 Å². The van der Waals surface area contributed by atoms with Gasteiger partial charge in [-0.05, 0) is 23.6 Å². The number of imide groups is 1. The first-order chi connectivity index (χ1) is 13.1. The Balaban J connectivity index is 1.43. The Morgan fingerprint density at radius 1 is 0.963 bits per heavy atom. The zero-order valence-electron chi connectivity index (χ0n) is 14.2. The van der Waals surface area contributed by atoms with Gasteiger partial charge in [0.1, 0.15) is 18.1 Å². The van der Waals surface area contributed by atoms with Crippen LogP contribution in [-0.4, -0.2) is 22.8 Å². The van der Waals surface area contributed by atoms with E-state index in [0.29, 0.717) is 16.6 Å². The fraction of sp³-hybridized carbons (Fsp3) is 0.150. The summed E-state index contributed by atoms with van der Waals surface area (Å²) in [5.41, 5.74) is 0. The third kappa shape index (κ3) is 3.39. The van der Waals surface area contributed by atoms with Gasteiger partial charge in [0.15, 0.2) is 0 Å². The first kappa shape index (κ1) is 16.8. The predicted octanol–water partition coefficient (Wildman–Crippen LogP) is 3.23. The van der Waals surface area contributed by atoms with Crippen LogP contribution in [0.15, 0.2) is 59.0 Å². The molecule has 1 aliphatic rings. The lowest BCUT2D eigenvalue weighted by Crippen LogP contribution is -2.31. The summed E-state index contributed by atoms with van der Waals surface area (Å²) < 4.78 is 11.2. The Morgan fingerprint density at radius 3 is 2.52 bits per heavy atom. The van der Waals surface area contributed by atoms with Crippen molar-refractivity contribution in [3.63, 3.8) is 0 Å². The molecule has 1 aromatic heterocycles. The van der Waals surface area contributed by atoms with Crippen LogP contribution in [0.1, 0.15) is 29.2 Å². The lowest BCUT2D eigenvalue weighted by atomic mass is 10.1. The van der Waals surface area contributed by atoms with Crippen LogP contribution in [0.5, 0.6) is 5.75 Å². The maximum absolute atomic E-state index is 12.1. The number of ether oxygens (including phenoxy) is 1. The quantitative estimate of drug-likeness (QED) is 0.645. The van der Waals surface area contributed by atoms with Crippen molar-refractivity contribution in [1.29, 1.82) is 0 Å². The molecule has 27 heavy (non-hydrogen) atoms. The molecule has 0 saturated carbocycles. The van der Waals surface area contributed by atoms with E-state index in [1.807, 2.05) is 42.5 Å². The molecule has 1 fully saturated rings. The molecule has 4 rings (SSSR count). The molecule has 0 unspecified atom stereocenters. The molecule has 3 aromatic rings. The van der Waals surface area contributed by atoms with Crippen molar-refractivity contribution in [3.05, 3.63) is 66.1 Å². The van der Waals surface area contributed by atoms with Gasteiger partial charge in [-0.25, -0.2) is 4.79 Å². The largest absolute Gasteiger partial charge is 0.485 e. The van der Waals surface area contributed by atoms with Crippen LogP contribution in [0.3, 0.4) is 0 Å². The number of benzene rings is 2. The molecule has 0 aliphatic carbocycles. The van der Waals surface area contributed by atoms with E-state index < -0.39 is 17.8 Å². The summed E-state index contributed by atoms with van der Waals surface area (Å²) >= 11 is 0. The summed E-state index contributed by atoms with van der Waals surface area (Å²) in [6.07, 6.45) is 0.0722. The molecule has 0 spiro atoms. The summed E-state index contributed by atoms with van der Waals surface area (Å²) in [6.45, 7) is 0.114. The van der Waals surface area contributed by atoms with Crippen molar-refractivity contribution in [3.8, 4) is 5.75 Å². The number of hydroxylamine groups is 2. The highest BCUT2D eigenvalue weighted by Crippen LogP contribution is 2.26. The van der Waals surface area contributed by atoms with E-state index in [9.17, 15) is 14.4 Å². The van der Waals surface area contributed by atoms with Gasteiger partial charge in [0, 0.05) is 18.2 Å². The molecule has 7 nitrogen and oxygen atoms in total. The maximum Gasteiger partial charge on any atom is 0.398 e. The number of hydrogen-bond acceptors (Lipinski definition) is 6. The molecular weight excluding hydrogens is 350 g/mol. The highest BCUT2D eigenvalue weighted by atomic mass is 16.7. The molecule has 0 N–H and O–H groups in total. The summed E-state index contributed by atoms with van der Waals surface area (Å²) in [6, 6.07) is 16.6. The van der Waals surface area contributed by atoms with E-state index in [2.05, 4.69) is 0 Å². The van der Waals surface area contributed by atoms with Crippen LogP contribution in [0.4, 0.5) is 0 Å². The minimum atomic E-state index is -0.907. The molecule has 2 heterocycles. The van der Waals surface area contributed by atoms with Crippen LogP contribution in [-0.2, 0) is 21.0 Å². The number of carbonyl (C=O) groups is 3. The lowest BCUT2D eigenvalue weighted by molar-refractivity contribution is -0.173. The molecule has 2 aromatic carbocycles. The Kier molecular flexibility index (Phi) is 4.33. The third-order valence-corrected chi connectivity index (χ3v) is 4.16. The summed E-state index contributed by atoms with van der Waals surface area (Å²) in [7, 11) is 0. The zero-order chi connectivity index (χ0) is 18.8. The average molecular weight is 365 g/mol. The minimum absolute atomic E-state index is 0.0361. The van der Waals surface area contributed by atoms with Gasteiger partial charge in [0.2, 0.25) is 5.76 Å². The topological polar surface area (TPSA) is 86.0 Å². The number of fused-ring (bicyclic) bond motifs is 1. The van der Waals surface area contributed by atoms with E-state index in [1.54, 1.807) is 6.07 Å². The Bertz CT molecular complexity index is 1020. The molecular formula is C20H15NO6. The second-order valence-corrected chi connectivity index (χ2v) is 5.99. The normalized spacial score (nSPS) is 14.0. The van der Waals surface area contributed by atoms with Gasteiger partial charge in [-0.1, -0.05) is 36.4 Å². The third-order valence-electron chi connectivity index (χ3n) is 4.16. The van der Waals surface area contributed by atoms with Crippen molar-refractivity contribution >= 4 is 28.6 Å². The van der Waals surface area contributed by atoms with Crippen molar-refractivity contribution in [1.82, 2.24) is 5.06 Å². The van der Waals surface area contributed by atoms with Crippen molar-refractivity contribution in [2.45, 2.75) is 19.4 Å². The molecule has 1 aliphatic heterocycles. The number of furan rings is 1. The number of rotatable bonds is 5. The summed E-state index contributed by atoms with van der Waals surface area (Å²) in [5, 5.41) is 2.51. The highest BCUT2D eigenvalue weighted by molar-refractivity contribution is 6.02. The fourth-order valence-electron chi connectivity index (χ4n) is 2.82. The van der Waals surface area contributed by atoms with Crippen LogP contribution in [0.2, 0.25) is 0 Å². The smallest absolute Gasteiger partial charge is 0.398 e. The summed E-state index contributed by atoms with van der Waals surface area (Å²) in [5.74, 6) is -0.997. The molecule has 0 radical (unpaired) electrons. The Hall–Kier alpha value is -3.61. The van der Waals surface area contributed by atoms with Gasteiger partial charge < -0.3 is 14.0 Å². The number of carbonyl (C=O) groups excluding carboxylic acids is 3. The molecule has 2 amide bonds. The van der Waals surface area contributed by atoms with Gasteiger partial charge in [0.25, 0.3) is 11.8 Å². The molecule has 7 heteroatoms. The zero-order valence-corrected chi connectivity index (χ0v) is 14.2. The summed E-state index contributed by atoms with van der Waals surface area (Å²) in [4.78, 5) is 39.9. The van der Waals surface area contributed by atoms with Gasteiger partial charge >= 0.3 is 5.97 Å². The Morgan fingerprint density at radius 2 is 1.70 bits per heavy atom. The Labute approximate surface area is 154 Å². The minimum Gasteiger partial charge on any atom is -0.485 e. The molecule has 1 saturated heterocycles. The fourth-order valence-corrected chi connectivity index (χ4v) is 2.82. The van der Waals surface area contributed by atoms with E-state index in [-0.39, 0.29) is 25.2 Å². The SMILES string of the molecule is O=C(ON1C(=O)CCC1=O)c1ccc(COc2cccc3ccccc23)o1. The van der Waals surface area contributed by atoms with E-state index in [0.717, 1.165) is 10.8 Å². The predicted molar refractivity (Wildman–Crippen MR) is 93.5 cm³/mol. The van der Waals surface area contributed by atoms with Crippen molar-refractivity contribution in [2.75, 3.05) is 0 Å². The van der Waals surface area contributed by atoms with Gasteiger partial charge in [-0.3, -0.25) is 9.59 Å². The van der Waals surface area contributed by atoms with Crippen molar-refractivity contribution in [2.24, 2.45) is 0 Å². The van der Waals surface area contributed by atoms with Gasteiger partial charge in [-0.2, -0.15) is 0 Å². The second kappa shape index (κ2) is 6.95. The van der Waals surface area contributed by atoms with Crippen LogP contribution in [0, 0.1) is 0 Å². The van der Waals surface area contributed by atoms with Gasteiger partial charge in [-0.15, -0.1) is 5.06 Å². The van der Waals surface area contributed by atoms with Crippen molar-refractivity contribution < 1.29 is 28.4 Å². The first-order valence-electron chi connectivity index (χ1n) is 8.39. The average Bonchev–Trinajstić information content (AvgIpc) is 3.28. The lowest BCUT2D eigenvalue weighted by Gasteiger charge is -2.11. The number of hydrogen-bond donors (Lipinski definition) is 0. The molecule has 136 valence electrons. The van der Waals surface area contributed by atoms with E-state index in [4.69, 9.17) is 14.0 Å². The van der Waals surface area contributed by atoms with E-state index >= 15 is 0 Å². The number of amides is 2. The highest BCUT2D eigenvalue weighted by Gasteiger charge is 2.33. The monoisotopic (exact) mass is 365 g/mol. The van der Waals surface area contributed by atoms with Gasteiger partial charge in [0.05, 0.1) is 0 Å². The van der Waals surface area contributed by atoms with Crippen LogP contribution < -0.4 is 4.74 Å². The second-order valence-electron chi connectivity index (χ2n) is 5.99. The standard InChI is InChI=1S/C20H15NO6/c22-18-10-11-19(23)21(18)27-20(24)17-9-8-14(26-17)12-25-16-7-3-5-13-4-1-2-6-15(13)16/h1-9H,10-12H2. The molecule has 0 bridgehead atoms. The number of nitrogens with zero attached hydrogens (tertiary/aromatic N) is 1.